The van der Waals surface area contributed by atoms with Gasteiger partial charge in [-0.25, -0.2) is 0 Å². The second kappa shape index (κ2) is 5.71. The largest absolute Gasteiger partial charge is 0.434 e. The minimum absolute atomic E-state index is 0.164. The van der Waals surface area contributed by atoms with E-state index < -0.39 is 6.61 Å². The summed E-state index contributed by atoms with van der Waals surface area (Å²) in [7, 11) is 0. The molecule has 0 aliphatic heterocycles. The maximum atomic E-state index is 12.1. The van der Waals surface area contributed by atoms with Crippen molar-refractivity contribution < 1.29 is 13.5 Å². The summed E-state index contributed by atoms with van der Waals surface area (Å²) in [4.78, 5) is 0. The molecule has 4 heteroatoms. The molecule has 0 atom stereocenters. The molecule has 0 radical (unpaired) electrons. The molecule has 0 aliphatic rings. The van der Waals surface area contributed by atoms with Crippen LogP contribution in [0.25, 0.3) is 6.08 Å². The van der Waals surface area contributed by atoms with Crippen LogP contribution < -0.4 is 4.74 Å². The van der Waals surface area contributed by atoms with E-state index in [2.05, 4.69) is 4.74 Å². The van der Waals surface area contributed by atoms with Crippen LogP contribution in [0.4, 0.5) is 8.78 Å². The monoisotopic (exact) mass is 232 g/mol. The molecular weight excluding hydrogens is 222 g/mol. The Balaban J connectivity index is 2.96. The highest BCUT2D eigenvalue weighted by Gasteiger charge is 2.07. The van der Waals surface area contributed by atoms with Crippen LogP contribution in [-0.2, 0) is 0 Å². The van der Waals surface area contributed by atoms with Crippen molar-refractivity contribution in [3.05, 3.63) is 35.4 Å². The SMILES string of the molecule is CC(=Cc1ccccc1OC(F)F)CCl. The lowest BCUT2D eigenvalue weighted by molar-refractivity contribution is -0.0499. The predicted molar refractivity (Wildman–Crippen MR) is 57.4 cm³/mol. The molecular formula is C11H11ClF2O. The van der Waals surface area contributed by atoms with E-state index in [4.69, 9.17) is 11.6 Å². The van der Waals surface area contributed by atoms with Gasteiger partial charge in [0.05, 0.1) is 0 Å². The van der Waals surface area contributed by atoms with Gasteiger partial charge in [-0.1, -0.05) is 29.8 Å². The molecule has 1 rings (SSSR count). The van der Waals surface area contributed by atoms with Crippen molar-refractivity contribution in [3.63, 3.8) is 0 Å². The van der Waals surface area contributed by atoms with Gasteiger partial charge in [-0.3, -0.25) is 0 Å². The summed E-state index contributed by atoms with van der Waals surface area (Å²) in [5, 5.41) is 0. The molecule has 82 valence electrons. The van der Waals surface area contributed by atoms with E-state index in [1.165, 1.54) is 6.07 Å². The van der Waals surface area contributed by atoms with Crippen molar-refractivity contribution in [1.29, 1.82) is 0 Å². The van der Waals surface area contributed by atoms with Crippen molar-refractivity contribution >= 4 is 17.7 Å². The van der Waals surface area contributed by atoms with E-state index in [1.807, 2.05) is 6.92 Å². The molecule has 0 spiro atoms. The second-order valence-corrected chi connectivity index (χ2v) is 3.31. The van der Waals surface area contributed by atoms with Gasteiger partial charge in [-0.05, 0) is 13.0 Å². The van der Waals surface area contributed by atoms with Gasteiger partial charge < -0.3 is 4.74 Å². The lowest BCUT2D eigenvalue weighted by atomic mass is 10.1. The number of benzene rings is 1. The van der Waals surface area contributed by atoms with Gasteiger partial charge in [-0.15, -0.1) is 11.6 Å². The Morgan fingerprint density at radius 1 is 1.47 bits per heavy atom. The van der Waals surface area contributed by atoms with Crippen molar-refractivity contribution in [3.8, 4) is 5.75 Å². The van der Waals surface area contributed by atoms with Crippen LogP contribution >= 0.6 is 11.6 Å². The first-order valence-electron chi connectivity index (χ1n) is 4.40. The van der Waals surface area contributed by atoms with E-state index in [9.17, 15) is 8.78 Å². The summed E-state index contributed by atoms with van der Waals surface area (Å²) >= 11 is 5.60. The van der Waals surface area contributed by atoms with Crippen LogP contribution in [0.3, 0.4) is 0 Å². The van der Waals surface area contributed by atoms with Crippen LogP contribution in [0, 0.1) is 0 Å². The number of hydrogen-bond donors (Lipinski definition) is 0. The average molecular weight is 233 g/mol. The van der Waals surface area contributed by atoms with Crippen LogP contribution in [0.2, 0.25) is 0 Å². The second-order valence-electron chi connectivity index (χ2n) is 3.04. The molecule has 0 fully saturated rings. The molecule has 0 saturated heterocycles. The number of para-hydroxylation sites is 1. The summed E-state index contributed by atoms with van der Waals surface area (Å²) < 4.78 is 28.5. The lowest BCUT2D eigenvalue weighted by Gasteiger charge is -2.07. The van der Waals surface area contributed by atoms with Crippen molar-refractivity contribution in [2.45, 2.75) is 13.5 Å². The predicted octanol–water partition coefficient (Wildman–Crippen LogP) is 3.93. The molecule has 15 heavy (non-hydrogen) atoms. The highest BCUT2D eigenvalue weighted by Crippen LogP contribution is 2.22. The zero-order valence-corrected chi connectivity index (χ0v) is 8.97. The zero-order valence-electron chi connectivity index (χ0n) is 8.21. The van der Waals surface area contributed by atoms with Gasteiger partial charge in [0.1, 0.15) is 5.75 Å². The third-order valence-corrected chi connectivity index (χ3v) is 2.17. The minimum Gasteiger partial charge on any atom is -0.434 e. The molecule has 0 aromatic heterocycles. The summed E-state index contributed by atoms with van der Waals surface area (Å²) in [6.45, 7) is -0.984. The fraction of sp³-hybridized carbons (Fsp3) is 0.273. The molecule has 1 nitrogen and oxygen atoms in total. The van der Waals surface area contributed by atoms with Gasteiger partial charge in [0, 0.05) is 11.4 Å². The third kappa shape index (κ3) is 3.88. The maximum Gasteiger partial charge on any atom is 0.387 e. The van der Waals surface area contributed by atoms with Gasteiger partial charge in [0.2, 0.25) is 0 Å². The van der Waals surface area contributed by atoms with Crippen molar-refractivity contribution in [2.75, 3.05) is 5.88 Å². The molecule has 1 aromatic carbocycles. The van der Waals surface area contributed by atoms with Crippen molar-refractivity contribution in [1.82, 2.24) is 0 Å². The van der Waals surface area contributed by atoms with Crippen LogP contribution in [0.5, 0.6) is 5.75 Å². The molecule has 0 aliphatic carbocycles. The smallest absolute Gasteiger partial charge is 0.387 e. The summed E-state index contributed by atoms with van der Waals surface area (Å²) in [5.74, 6) is 0.528. The zero-order chi connectivity index (χ0) is 11.3. The van der Waals surface area contributed by atoms with Gasteiger partial charge in [0.15, 0.2) is 0 Å². The molecule has 0 N–H and O–H groups in total. The number of rotatable bonds is 4. The van der Waals surface area contributed by atoms with Gasteiger partial charge >= 0.3 is 6.61 Å². The molecule has 0 heterocycles. The standard InChI is InChI=1S/C11H11ClF2O/c1-8(7-12)6-9-4-2-3-5-10(9)15-11(13)14/h2-6,11H,7H2,1H3. The quantitative estimate of drug-likeness (QED) is 0.715. The molecule has 1 aromatic rings. The Morgan fingerprint density at radius 3 is 2.73 bits per heavy atom. The molecule has 0 saturated carbocycles. The molecule has 0 bridgehead atoms. The van der Waals surface area contributed by atoms with Gasteiger partial charge in [0.25, 0.3) is 0 Å². The Hall–Kier alpha value is -1.09. The maximum absolute atomic E-state index is 12.1. The Bertz CT molecular complexity index is 350. The van der Waals surface area contributed by atoms with E-state index >= 15 is 0 Å². The minimum atomic E-state index is -2.81. The van der Waals surface area contributed by atoms with E-state index in [0.29, 0.717) is 11.4 Å². The van der Waals surface area contributed by atoms with Crippen molar-refractivity contribution in [2.24, 2.45) is 0 Å². The summed E-state index contributed by atoms with van der Waals surface area (Å²) in [6, 6.07) is 6.60. The van der Waals surface area contributed by atoms with Gasteiger partial charge in [-0.2, -0.15) is 8.78 Å². The average Bonchev–Trinajstić information content (AvgIpc) is 2.20. The van der Waals surface area contributed by atoms with Crippen LogP contribution in [-0.4, -0.2) is 12.5 Å². The van der Waals surface area contributed by atoms with E-state index in [0.717, 1.165) is 5.57 Å². The summed E-state index contributed by atoms with van der Waals surface area (Å²) in [6.07, 6.45) is 1.73. The Kier molecular flexibility index (Phi) is 4.56. The molecule has 0 unspecified atom stereocenters. The first-order chi connectivity index (χ1) is 7.13. The van der Waals surface area contributed by atoms with E-state index in [1.54, 1.807) is 24.3 Å². The van der Waals surface area contributed by atoms with Crippen LogP contribution in [0.1, 0.15) is 12.5 Å². The fourth-order valence-corrected chi connectivity index (χ4v) is 1.18. The normalized spacial score (nSPS) is 11.9. The number of halogens is 3. The highest BCUT2D eigenvalue weighted by molar-refractivity contribution is 6.19. The first kappa shape index (κ1) is 12.0. The number of allylic oxidation sites excluding steroid dienone is 1. The van der Waals surface area contributed by atoms with Crippen LogP contribution in [0.15, 0.2) is 29.8 Å². The topological polar surface area (TPSA) is 9.23 Å². The third-order valence-electron chi connectivity index (χ3n) is 1.75. The lowest BCUT2D eigenvalue weighted by Crippen LogP contribution is -2.03. The Labute approximate surface area is 92.3 Å². The highest BCUT2D eigenvalue weighted by atomic mass is 35.5. The molecule has 0 amide bonds. The fourth-order valence-electron chi connectivity index (χ4n) is 1.11. The first-order valence-corrected chi connectivity index (χ1v) is 4.94. The number of hydrogen-bond acceptors (Lipinski definition) is 1. The number of alkyl halides is 3. The van der Waals surface area contributed by atoms with E-state index in [-0.39, 0.29) is 5.75 Å². The Morgan fingerprint density at radius 2 is 2.13 bits per heavy atom. The number of ether oxygens (including phenoxy) is 1. The summed E-state index contributed by atoms with van der Waals surface area (Å²) in [5.41, 5.74) is 1.50.